The Morgan fingerprint density at radius 3 is 2.58 bits per heavy atom. The summed E-state index contributed by atoms with van der Waals surface area (Å²) in [5.74, 6) is -0.737. The minimum Gasteiger partial charge on any atom is -0.339 e. The van der Waals surface area contributed by atoms with Crippen LogP contribution in [-0.2, 0) is 0 Å². The second-order valence-electron chi connectivity index (χ2n) is 4.64. The first-order chi connectivity index (χ1) is 8.97. The maximum absolute atomic E-state index is 13.9. The topological polar surface area (TPSA) is 23.6 Å². The van der Waals surface area contributed by atoms with Crippen molar-refractivity contribution in [3.8, 4) is 0 Å². The third kappa shape index (κ3) is 4.58. The average molecular weight is 331 g/mol. The number of benzene rings is 1. The quantitative estimate of drug-likeness (QED) is 0.800. The van der Waals surface area contributed by atoms with Gasteiger partial charge >= 0.3 is 0 Å². The number of hydrogen-bond donors (Lipinski definition) is 0. The lowest BCUT2D eigenvalue weighted by atomic mass is 10.2. The fourth-order valence-corrected chi connectivity index (χ4v) is 2.19. The summed E-state index contributed by atoms with van der Waals surface area (Å²) in [5.41, 5.74) is 0.126. The van der Waals surface area contributed by atoms with Crippen LogP contribution < -0.4 is 0 Å². The predicted molar refractivity (Wildman–Crippen MR) is 78.8 cm³/mol. The van der Waals surface area contributed by atoms with Gasteiger partial charge in [-0.2, -0.15) is 0 Å². The molecule has 0 radical (unpaired) electrons. The highest BCUT2D eigenvalue weighted by Gasteiger charge is 2.19. The highest BCUT2D eigenvalue weighted by molar-refractivity contribution is 9.10. The Hall–Kier alpha value is -0.940. The van der Waals surface area contributed by atoms with Crippen LogP contribution in [0.4, 0.5) is 4.39 Å². The molecule has 0 heterocycles. The zero-order chi connectivity index (χ0) is 14.4. The standard InChI is InChI=1S/C14H20BrFN2O/c1-4-18(10-6-9-17(2)3)14(19)11-7-5-8-12(15)13(11)16/h5,7-8H,4,6,9-10H2,1-3H3. The zero-order valence-electron chi connectivity index (χ0n) is 11.6. The van der Waals surface area contributed by atoms with E-state index in [1.54, 1.807) is 17.0 Å². The fraction of sp³-hybridized carbons (Fsp3) is 0.500. The molecule has 1 aromatic rings. The Morgan fingerprint density at radius 2 is 2.00 bits per heavy atom. The lowest BCUT2D eigenvalue weighted by Crippen LogP contribution is -2.33. The van der Waals surface area contributed by atoms with E-state index in [1.807, 2.05) is 21.0 Å². The summed E-state index contributed by atoms with van der Waals surface area (Å²) in [5, 5.41) is 0. The van der Waals surface area contributed by atoms with Crippen LogP contribution in [0.1, 0.15) is 23.7 Å². The molecule has 0 N–H and O–H groups in total. The molecule has 0 aliphatic rings. The Balaban J connectivity index is 2.75. The molecule has 0 aliphatic heterocycles. The Bertz CT molecular complexity index is 437. The van der Waals surface area contributed by atoms with Gasteiger partial charge in [0.25, 0.3) is 5.91 Å². The first-order valence-electron chi connectivity index (χ1n) is 6.35. The number of amides is 1. The smallest absolute Gasteiger partial charge is 0.256 e. The highest BCUT2D eigenvalue weighted by atomic mass is 79.9. The van der Waals surface area contributed by atoms with Crippen LogP contribution in [0.5, 0.6) is 0 Å². The Kier molecular flexibility index (Phi) is 6.45. The van der Waals surface area contributed by atoms with Crippen molar-refractivity contribution in [3.05, 3.63) is 34.1 Å². The maximum Gasteiger partial charge on any atom is 0.256 e. The van der Waals surface area contributed by atoms with E-state index in [1.165, 1.54) is 6.07 Å². The van der Waals surface area contributed by atoms with E-state index in [4.69, 9.17) is 0 Å². The summed E-state index contributed by atoms with van der Waals surface area (Å²) in [4.78, 5) is 16.0. The number of hydrogen-bond acceptors (Lipinski definition) is 2. The molecule has 1 rings (SSSR count). The molecule has 3 nitrogen and oxygen atoms in total. The lowest BCUT2D eigenvalue weighted by Gasteiger charge is -2.22. The van der Waals surface area contributed by atoms with Crippen molar-refractivity contribution in [2.75, 3.05) is 33.7 Å². The largest absolute Gasteiger partial charge is 0.339 e. The highest BCUT2D eigenvalue weighted by Crippen LogP contribution is 2.20. The van der Waals surface area contributed by atoms with Crippen LogP contribution in [-0.4, -0.2) is 49.4 Å². The fourth-order valence-electron chi connectivity index (χ4n) is 1.82. The van der Waals surface area contributed by atoms with Gasteiger partial charge in [0.1, 0.15) is 5.82 Å². The number of rotatable bonds is 6. The number of nitrogens with zero attached hydrogens (tertiary/aromatic N) is 2. The molecule has 0 fully saturated rings. The van der Waals surface area contributed by atoms with Gasteiger partial charge < -0.3 is 9.80 Å². The van der Waals surface area contributed by atoms with Crippen molar-refractivity contribution >= 4 is 21.8 Å². The maximum atomic E-state index is 13.9. The molecule has 106 valence electrons. The van der Waals surface area contributed by atoms with E-state index in [9.17, 15) is 9.18 Å². The van der Waals surface area contributed by atoms with Gasteiger partial charge in [0.05, 0.1) is 10.0 Å². The lowest BCUT2D eigenvalue weighted by molar-refractivity contribution is 0.0754. The molecule has 0 aromatic heterocycles. The van der Waals surface area contributed by atoms with Crippen molar-refractivity contribution in [3.63, 3.8) is 0 Å². The van der Waals surface area contributed by atoms with Crippen molar-refractivity contribution in [1.82, 2.24) is 9.80 Å². The molecular formula is C14H20BrFN2O. The van der Waals surface area contributed by atoms with Gasteiger partial charge in [-0.25, -0.2) is 4.39 Å². The van der Waals surface area contributed by atoms with Crippen LogP contribution in [0.3, 0.4) is 0 Å². The zero-order valence-corrected chi connectivity index (χ0v) is 13.2. The van der Waals surface area contributed by atoms with Crippen molar-refractivity contribution in [2.45, 2.75) is 13.3 Å². The minimum atomic E-state index is -0.487. The normalized spacial score (nSPS) is 10.8. The van der Waals surface area contributed by atoms with Gasteiger partial charge in [0.2, 0.25) is 0 Å². The van der Waals surface area contributed by atoms with Gasteiger partial charge in [-0.1, -0.05) is 6.07 Å². The molecule has 0 saturated heterocycles. The summed E-state index contributed by atoms with van der Waals surface area (Å²) in [7, 11) is 3.98. The molecule has 0 bridgehead atoms. The van der Waals surface area contributed by atoms with E-state index >= 15 is 0 Å². The molecule has 0 spiro atoms. The van der Waals surface area contributed by atoms with E-state index in [0.29, 0.717) is 17.6 Å². The third-order valence-electron chi connectivity index (χ3n) is 2.88. The second-order valence-corrected chi connectivity index (χ2v) is 5.50. The number of halogens is 2. The molecule has 19 heavy (non-hydrogen) atoms. The first kappa shape index (κ1) is 16.1. The summed E-state index contributed by atoms with van der Waals surface area (Å²) in [6.45, 7) is 4.03. The van der Waals surface area contributed by atoms with Gasteiger partial charge in [-0.3, -0.25) is 4.79 Å². The SMILES string of the molecule is CCN(CCCN(C)C)C(=O)c1cccc(Br)c1F. The monoisotopic (exact) mass is 330 g/mol. The van der Waals surface area contributed by atoms with Crippen LogP contribution in [0.2, 0.25) is 0 Å². The predicted octanol–water partition coefficient (Wildman–Crippen LogP) is 3.00. The number of carbonyl (C=O) groups excluding carboxylic acids is 1. The molecule has 0 saturated carbocycles. The Labute approximate surface area is 122 Å². The molecule has 5 heteroatoms. The van der Waals surface area contributed by atoms with Crippen LogP contribution in [0.15, 0.2) is 22.7 Å². The molecule has 0 atom stereocenters. The summed E-state index contributed by atoms with van der Waals surface area (Å²) >= 11 is 3.10. The van der Waals surface area contributed by atoms with Crippen LogP contribution >= 0.6 is 15.9 Å². The first-order valence-corrected chi connectivity index (χ1v) is 7.14. The van der Waals surface area contributed by atoms with Crippen molar-refractivity contribution in [2.24, 2.45) is 0 Å². The van der Waals surface area contributed by atoms with Gasteiger partial charge in [0.15, 0.2) is 0 Å². The summed E-state index contributed by atoms with van der Waals surface area (Å²) in [6.07, 6.45) is 0.877. The summed E-state index contributed by atoms with van der Waals surface area (Å²) < 4.78 is 14.2. The van der Waals surface area contributed by atoms with E-state index in [0.717, 1.165) is 13.0 Å². The second kappa shape index (κ2) is 7.60. The van der Waals surface area contributed by atoms with Gasteiger partial charge in [-0.05, 0) is 62.0 Å². The summed E-state index contributed by atoms with van der Waals surface area (Å²) in [6, 6.07) is 4.79. The van der Waals surface area contributed by atoms with E-state index < -0.39 is 5.82 Å². The van der Waals surface area contributed by atoms with Crippen LogP contribution in [0.25, 0.3) is 0 Å². The third-order valence-corrected chi connectivity index (χ3v) is 3.50. The average Bonchev–Trinajstić information content (AvgIpc) is 2.37. The van der Waals surface area contributed by atoms with Crippen molar-refractivity contribution in [1.29, 1.82) is 0 Å². The number of carbonyl (C=O) groups is 1. The van der Waals surface area contributed by atoms with Gasteiger partial charge in [0, 0.05) is 13.1 Å². The molecule has 0 unspecified atom stereocenters. The molecule has 0 aliphatic carbocycles. The minimum absolute atomic E-state index is 0.126. The molecular weight excluding hydrogens is 311 g/mol. The Morgan fingerprint density at radius 1 is 1.32 bits per heavy atom. The molecule has 1 aromatic carbocycles. The van der Waals surface area contributed by atoms with Gasteiger partial charge in [-0.15, -0.1) is 0 Å². The van der Waals surface area contributed by atoms with E-state index in [-0.39, 0.29) is 11.5 Å². The van der Waals surface area contributed by atoms with Crippen molar-refractivity contribution < 1.29 is 9.18 Å². The van der Waals surface area contributed by atoms with Crippen LogP contribution in [0, 0.1) is 5.82 Å². The molecule has 1 amide bonds. The van der Waals surface area contributed by atoms with E-state index in [2.05, 4.69) is 20.8 Å².